The SMILES string of the molecule is CCC(=O)N(c1nnc(SC(C)C(=O)c2ccc(F)cc2)s1)C1CC1. The van der Waals surface area contributed by atoms with E-state index in [-0.39, 0.29) is 28.8 Å². The Morgan fingerprint density at radius 3 is 2.60 bits per heavy atom. The number of amides is 1. The van der Waals surface area contributed by atoms with Crippen molar-refractivity contribution in [3.8, 4) is 0 Å². The van der Waals surface area contributed by atoms with Gasteiger partial charge in [-0.05, 0) is 44.0 Å². The van der Waals surface area contributed by atoms with Crippen molar-refractivity contribution in [3.05, 3.63) is 35.6 Å². The van der Waals surface area contributed by atoms with E-state index in [1.165, 1.54) is 47.4 Å². The molecule has 0 N–H and O–H groups in total. The molecule has 1 saturated carbocycles. The van der Waals surface area contributed by atoms with Crippen LogP contribution in [0.25, 0.3) is 0 Å². The molecule has 8 heteroatoms. The van der Waals surface area contributed by atoms with Crippen molar-refractivity contribution in [1.82, 2.24) is 10.2 Å². The molecule has 5 nitrogen and oxygen atoms in total. The molecule has 25 heavy (non-hydrogen) atoms. The lowest BCUT2D eigenvalue weighted by atomic mass is 10.1. The fourth-order valence-corrected chi connectivity index (χ4v) is 4.52. The highest BCUT2D eigenvalue weighted by Crippen LogP contribution is 2.37. The summed E-state index contributed by atoms with van der Waals surface area (Å²) < 4.78 is 13.6. The molecule has 1 atom stereocenters. The summed E-state index contributed by atoms with van der Waals surface area (Å²) in [7, 11) is 0. The monoisotopic (exact) mass is 379 g/mol. The molecule has 1 aromatic heterocycles. The number of thioether (sulfide) groups is 1. The zero-order chi connectivity index (χ0) is 18.0. The number of benzene rings is 1. The molecule has 1 amide bonds. The smallest absolute Gasteiger partial charge is 0.228 e. The standard InChI is InChI=1S/C17H18FN3O2S2/c1-3-14(22)21(13-8-9-13)16-19-20-17(25-16)24-10(2)15(23)11-4-6-12(18)7-5-11/h4-7,10,13H,3,8-9H2,1-2H3. The maximum Gasteiger partial charge on any atom is 0.228 e. The van der Waals surface area contributed by atoms with Gasteiger partial charge in [0.25, 0.3) is 0 Å². The fourth-order valence-electron chi connectivity index (χ4n) is 2.37. The van der Waals surface area contributed by atoms with Crippen LogP contribution in [0, 0.1) is 5.82 Å². The molecule has 1 heterocycles. The van der Waals surface area contributed by atoms with E-state index in [9.17, 15) is 14.0 Å². The van der Waals surface area contributed by atoms with E-state index in [4.69, 9.17) is 0 Å². The fraction of sp³-hybridized carbons (Fsp3) is 0.412. The lowest BCUT2D eigenvalue weighted by Crippen LogP contribution is -2.32. The molecule has 1 unspecified atom stereocenters. The third-order valence-corrected chi connectivity index (χ3v) is 5.97. The van der Waals surface area contributed by atoms with Crippen molar-refractivity contribution >= 4 is 39.9 Å². The quantitative estimate of drug-likeness (QED) is 0.414. The molecule has 0 aliphatic heterocycles. The number of rotatable bonds is 7. The predicted molar refractivity (Wildman–Crippen MR) is 96.8 cm³/mol. The Kier molecular flexibility index (Phi) is 5.48. The van der Waals surface area contributed by atoms with Crippen LogP contribution in [0.1, 0.15) is 43.5 Å². The highest BCUT2D eigenvalue weighted by Gasteiger charge is 2.35. The van der Waals surface area contributed by atoms with Crippen LogP contribution in [0.5, 0.6) is 0 Å². The Balaban J connectivity index is 1.69. The number of nitrogens with zero attached hydrogens (tertiary/aromatic N) is 3. The van der Waals surface area contributed by atoms with Gasteiger partial charge in [-0.3, -0.25) is 14.5 Å². The number of ketones is 1. The zero-order valence-electron chi connectivity index (χ0n) is 13.9. The Morgan fingerprint density at radius 2 is 2.00 bits per heavy atom. The van der Waals surface area contributed by atoms with Crippen LogP contribution in [-0.4, -0.2) is 33.2 Å². The van der Waals surface area contributed by atoms with Gasteiger partial charge in [0.1, 0.15) is 5.82 Å². The van der Waals surface area contributed by atoms with Gasteiger partial charge in [0.05, 0.1) is 5.25 Å². The summed E-state index contributed by atoms with van der Waals surface area (Å²) in [6.45, 7) is 3.62. The van der Waals surface area contributed by atoms with E-state index >= 15 is 0 Å². The van der Waals surface area contributed by atoms with Gasteiger partial charge in [-0.2, -0.15) is 0 Å². The molecule has 1 aliphatic carbocycles. The van der Waals surface area contributed by atoms with Gasteiger partial charge < -0.3 is 0 Å². The maximum absolute atomic E-state index is 13.0. The summed E-state index contributed by atoms with van der Waals surface area (Å²) in [5.41, 5.74) is 0.465. The van der Waals surface area contributed by atoms with Crippen LogP contribution >= 0.6 is 23.1 Å². The van der Waals surface area contributed by atoms with E-state index in [0.717, 1.165) is 12.8 Å². The topological polar surface area (TPSA) is 63.2 Å². The minimum absolute atomic E-state index is 0.0469. The van der Waals surface area contributed by atoms with Crippen LogP contribution in [0.2, 0.25) is 0 Å². The van der Waals surface area contributed by atoms with Gasteiger partial charge >= 0.3 is 0 Å². The molecule has 0 spiro atoms. The van der Waals surface area contributed by atoms with Crippen LogP contribution in [-0.2, 0) is 4.79 Å². The van der Waals surface area contributed by atoms with Crippen LogP contribution in [0.15, 0.2) is 28.6 Å². The highest BCUT2D eigenvalue weighted by atomic mass is 32.2. The molecule has 0 saturated heterocycles. The van der Waals surface area contributed by atoms with E-state index in [2.05, 4.69) is 10.2 Å². The van der Waals surface area contributed by atoms with Crippen LogP contribution in [0.4, 0.5) is 9.52 Å². The first kappa shape index (κ1) is 18.0. The number of carbonyl (C=O) groups excluding carboxylic acids is 2. The van der Waals surface area contributed by atoms with E-state index in [1.54, 1.807) is 11.8 Å². The second kappa shape index (κ2) is 7.61. The molecule has 2 aromatic rings. The predicted octanol–water partition coefficient (Wildman–Crippen LogP) is 3.95. The molecule has 1 aliphatic rings. The summed E-state index contributed by atoms with van der Waals surface area (Å²) >= 11 is 2.63. The summed E-state index contributed by atoms with van der Waals surface area (Å²) in [4.78, 5) is 26.3. The van der Waals surface area contributed by atoms with Crippen molar-refractivity contribution in [2.45, 2.75) is 48.7 Å². The average molecular weight is 379 g/mol. The molecule has 1 aromatic carbocycles. The van der Waals surface area contributed by atoms with Crippen molar-refractivity contribution in [2.24, 2.45) is 0 Å². The number of halogens is 1. The number of Topliss-reactive ketones (excluding diaryl/α,β-unsaturated/α-hetero) is 1. The first-order valence-electron chi connectivity index (χ1n) is 8.11. The van der Waals surface area contributed by atoms with Gasteiger partial charge in [-0.25, -0.2) is 4.39 Å². The molecule has 132 valence electrons. The van der Waals surface area contributed by atoms with Gasteiger partial charge in [-0.15, -0.1) is 10.2 Å². The Bertz CT molecular complexity index is 774. The number of aromatic nitrogens is 2. The molecule has 0 bridgehead atoms. The van der Waals surface area contributed by atoms with Crippen molar-refractivity contribution in [3.63, 3.8) is 0 Å². The number of hydrogen-bond donors (Lipinski definition) is 0. The molecular formula is C17H18FN3O2S2. The van der Waals surface area contributed by atoms with E-state index in [0.29, 0.717) is 21.5 Å². The lowest BCUT2D eigenvalue weighted by Gasteiger charge is -2.17. The van der Waals surface area contributed by atoms with Gasteiger partial charge in [-0.1, -0.05) is 30.0 Å². The van der Waals surface area contributed by atoms with Gasteiger partial charge in [0, 0.05) is 18.0 Å². The first-order valence-corrected chi connectivity index (χ1v) is 9.81. The normalized spacial score (nSPS) is 15.0. The summed E-state index contributed by atoms with van der Waals surface area (Å²) in [5, 5.41) is 8.48. The zero-order valence-corrected chi connectivity index (χ0v) is 15.6. The van der Waals surface area contributed by atoms with Gasteiger partial charge in [0.15, 0.2) is 10.1 Å². The van der Waals surface area contributed by atoms with Crippen molar-refractivity contribution in [2.75, 3.05) is 4.90 Å². The minimum atomic E-state index is -0.373. The number of hydrogen-bond acceptors (Lipinski definition) is 6. The highest BCUT2D eigenvalue weighted by molar-refractivity contribution is 8.02. The van der Waals surface area contributed by atoms with Crippen LogP contribution in [0.3, 0.4) is 0 Å². The first-order chi connectivity index (χ1) is 12.0. The summed E-state index contributed by atoms with van der Waals surface area (Å²) in [6.07, 6.45) is 2.42. The molecular weight excluding hydrogens is 361 g/mol. The van der Waals surface area contributed by atoms with Crippen molar-refractivity contribution < 1.29 is 14.0 Å². The Labute approximate surface area is 153 Å². The number of anilines is 1. The number of carbonyl (C=O) groups is 2. The molecule has 3 rings (SSSR count). The third kappa shape index (κ3) is 4.24. The Hall–Kier alpha value is -1.80. The largest absolute Gasteiger partial charge is 0.293 e. The van der Waals surface area contributed by atoms with Gasteiger partial charge in [0.2, 0.25) is 11.0 Å². The maximum atomic E-state index is 13.0. The van der Waals surface area contributed by atoms with E-state index < -0.39 is 0 Å². The summed E-state index contributed by atoms with van der Waals surface area (Å²) in [6, 6.07) is 5.75. The van der Waals surface area contributed by atoms with Crippen molar-refractivity contribution in [1.29, 1.82) is 0 Å². The summed E-state index contributed by atoms with van der Waals surface area (Å²) in [5.74, 6) is -0.414. The minimum Gasteiger partial charge on any atom is -0.293 e. The average Bonchev–Trinajstić information content (AvgIpc) is 3.34. The second-order valence-corrected chi connectivity index (χ2v) is 8.37. The lowest BCUT2D eigenvalue weighted by molar-refractivity contribution is -0.118. The molecule has 0 radical (unpaired) electrons. The third-order valence-electron chi connectivity index (χ3n) is 3.86. The van der Waals surface area contributed by atoms with Crippen LogP contribution < -0.4 is 4.90 Å². The molecule has 1 fully saturated rings. The Morgan fingerprint density at radius 1 is 1.32 bits per heavy atom. The second-order valence-electron chi connectivity index (χ2n) is 5.83. The van der Waals surface area contributed by atoms with E-state index in [1.807, 2.05) is 6.92 Å².